The third kappa shape index (κ3) is 7.24. The first-order chi connectivity index (χ1) is 19.7. The second kappa shape index (κ2) is 12.1. The Bertz CT molecular complexity index is 1260. The van der Waals surface area contributed by atoms with Crippen molar-refractivity contribution >= 4 is 12.3 Å². The van der Waals surface area contributed by atoms with Crippen LogP contribution in [0.2, 0.25) is 0 Å². The lowest BCUT2D eigenvalue weighted by Gasteiger charge is -2.41. The number of hydrogen-bond acceptors (Lipinski definition) is 1. The maximum Gasteiger partial charge on any atom is 0.449 e. The molecule has 0 aliphatic carbocycles. The second-order valence-electron chi connectivity index (χ2n) is 8.95. The van der Waals surface area contributed by atoms with Crippen molar-refractivity contribution < 1.29 is 83.9 Å². The molecule has 2 aromatic rings. The molecule has 2 rings (SSSR count). The summed E-state index contributed by atoms with van der Waals surface area (Å²) in [7, 11) is 0. The summed E-state index contributed by atoms with van der Waals surface area (Å²) >= 11 is 0. The Balaban J connectivity index is 2.80. The summed E-state index contributed by atoms with van der Waals surface area (Å²) in [6.07, 6.45) is -30.4. The molecule has 0 aliphatic heterocycles. The topological polar surface area (TPSA) is 18.0 Å². The normalized spacial score (nSPS) is 14.3. The molecule has 248 valence electrons. The Labute approximate surface area is 235 Å². The minimum atomic E-state index is -8.22. The predicted molar refractivity (Wildman–Crippen MR) is 117 cm³/mol. The molecular weight excluding hydrogens is 655 g/mol. The van der Waals surface area contributed by atoms with Crippen LogP contribution in [0, 0.1) is 0 Å². The summed E-state index contributed by atoms with van der Waals surface area (Å²) in [4.78, 5) is 0. The smallest absolute Gasteiger partial charge is 0.449 e. The quantitative estimate of drug-likeness (QED) is 0.148. The monoisotopic (exact) mass is 673 g/mol. The lowest BCUT2D eigenvalue weighted by atomic mass is 9.79. The van der Waals surface area contributed by atoms with Crippen LogP contribution in [-0.2, 0) is 6.54 Å². The molecule has 3 nitrogen and oxygen atoms in total. The van der Waals surface area contributed by atoms with Gasteiger partial charge < -0.3 is 4.74 Å². The van der Waals surface area contributed by atoms with Crippen molar-refractivity contribution in [2.75, 3.05) is 0 Å². The van der Waals surface area contributed by atoms with Crippen LogP contribution >= 0.6 is 0 Å². The first-order valence-corrected chi connectivity index (χ1v) is 11.7. The number of imidazole rings is 1. The molecule has 0 aliphatic rings. The summed E-state index contributed by atoms with van der Waals surface area (Å²) in [6.45, 7) is 2.56. The van der Waals surface area contributed by atoms with Gasteiger partial charge in [-0.25, -0.2) is 17.9 Å². The fraction of sp³-hybridized carbons (Fsp3) is 0.458. The molecule has 0 N–H and O–H groups in total. The number of allylic oxidation sites excluding steroid dienone is 2. The van der Waals surface area contributed by atoms with Crippen molar-refractivity contribution in [3.8, 4) is 5.75 Å². The molecule has 0 spiro atoms. The zero-order valence-corrected chi connectivity index (χ0v) is 21.5. The van der Waals surface area contributed by atoms with Crippen molar-refractivity contribution in [2.45, 2.75) is 68.5 Å². The fourth-order valence-corrected chi connectivity index (χ4v) is 3.60. The third-order valence-corrected chi connectivity index (χ3v) is 5.76. The molecule has 1 heterocycles. The maximum atomic E-state index is 14.8. The Hall–Kier alpha value is -3.48. The highest BCUT2D eigenvalue weighted by Crippen LogP contribution is 2.63. The van der Waals surface area contributed by atoms with E-state index in [0.717, 1.165) is 25.0 Å². The summed E-state index contributed by atoms with van der Waals surface area (Å²) in [5, 5.41) is 0. The Morgan fingerprint density at radius 1 is 0.727 bits per heavy atom. The highest BCUT2D eigenvalue weighted by Gasteiger charge is 2.88. The van der Waals surface area contributed by atoms with Crippen molar-refractivity contribution in [1.29, 1.82) is 0 Å². The number of ether oxygens (including phenoxy) is 1. The van der Waals surface area contributed by atoms with Crippen LogP contribution in [0.3, 0.4) is 0 Å². The van der Waals surface area contributed by atoms with Crippen LogP contribution in [0.4, 0.5) is 74.6 Å². The number of aryl methyl sites for hydroxylation is 1. The number of benzene rings is 1. The Kier molecular flexibility index (Phi) is 10.1. The van der Waals surface area contributed by atoms with Crippen molar-refractivity contribution in [3.05, 3.63) is 59.9 Å². The predicted octanol–water partition coefficient (Wildman–Crippen LogP) is 9.06. The average Bonchev–Trinajstić information content (AvgIpc) is 3.30. The summed E-state index contributed by atoms with van der Waals surface area (Å²) in [5.41, 5.74) is -22.0. The summed E-state index contributed by atoms with van der Waals surface area (Å²) in [5.74, 6) is -6.16. The molecular formula is C24H18F17N2O+. The lowest BCUT2D eigenvalue weighted by molar-refractivity contribution is -0.696. The van der Waals surface area contributed by atoms with E-state index in [9.17, 15) is 74.6 Å². The fourth-order valence-electron chi connectivity index (χ4n) is 3.60. The number of halogens is 17. The van der Waals surface area contributed by atoms with Crippen LogP contribution in [0.25, 0.3) is 12.3 Å². The zero-order chi connectivity index (χ0) is 34.2. The third-order valence-electron chi connectivity index (χ3n) is 5.76. The van der Waals surface area contributed by atoms with E-state index in [1.807, 2.05) is 6.92 Å². The first kappa shape index (κ1) is 36.7. The standard InChI is InChI=1S/C24H18F17N2O/c1-2-3-9-42-11-12-43(13-42)10-8-14-4-6-15(7-5-14)44-17(20(27,28)29)16(18(25,21(30,31)32)22(33,34)35)19(26,23(36,37)38)24(39,40)41/h4-8,10-13H,2-3,9H2,1H3/q+1. The molecule has 0 radical (unpaired) electrons. The summed E-state index contributed by atoms with van der Waals surface area (Å²) in [6, 6.07) is 1.98. The van der Waals surface area contributed by atoms with Gasteiger partial charge in [0.2, 0.25) is 12.1 Å². The maximum absolute atomic E-state index is 14.8. The van der Waals surface area contributed by atoms with Crippen molar-refractivity contribution in [3.63, 3.8) is 0 Å². The molecule has 20 heteroatoms. The molecule has 0 saturated carbocycles. The van der Waals surface area contributed by atoms with Crippen LogP contribution < -0.4 is 9.30 Å². The molecule has 0 bridgehead atoms. The van der Waals surface area contributed by atoms with Gasteiger partial charge >= 0.3 is 42.2 Å². The average molecular weight is 673 g/mol. The van der Waals surface area contributed by atoms with E-state index < -0.39 is 59.3 Å². The number of hydrogen-bond donors (Lipinski definition) is 0. The van der Waals surface area contributed by atoms with Gasteiger partial charge in [-0.2, -0.15) is 65.9 Å². The van der Waals surface area contributed by atoms with E-state index in [2.05, 4.69) is 4.74 Å². The largest absolute Gasteiger partial charge is 0.452 e. The number of rotatable bonds is 9. The van der Waals surface area contributed by atoms with Gasteiger partial charge in [0, 0.05) is 0 Å². The van der Waals surface area contributed by atoms with Gasteiger partial charge in [-0.15, -0.1) is 0 Å². The van der Waals surface area contributed by atoms with Crippen molar-refractivity contribution in [2.24, 2.45) is 0 Å². The van der Waals surface area contributed by atoms with Crippen LogP contribution in [0.15, 0.2) is 54.3 Å². The highest BCUT2D eigenvalue weighted by molar-refractivity contribution is 5.61. The Morgan fingerprint density at radius 2 is 1.18 bits per heavy atom. The van der Waals surface area contributed by atoms with E-state index in [1.54, 1.807) is 23.3 Å². The van der Waals surface area contributed by atoms with Crippen molar-refractivity contribution in [1.82, 2.24) is 4.57 Å². The second-order valence-corrected chi connectivity index (χ2v) is 8.95. The number of unbranched alkanes of at least 4 members (excludes halogenated alkanes) is 1. The number of aromatic nitrogens is 2. The molecule has 0 unspecified atom stereocenters. The highest BCUT2D eigenvalue weighted by atomic mass is 19.4. The SMILES string of the molecule is CCCC[n+]1ccn(C=Cc2ccc(OC(=C(C(F)(C(F)(F)F)C(F)(F)F)C(F)(C(F)(F)F)C(F)(F)F)C(F)(F)F)cc2)c1. The molecule has 1 aromatic heterocycles. The van der Waals surface area contributed by atoms with Gasteiger partial charge in [-0.1, -0.05) is 25.5 Å². The van der Waals surface area contributed by atoms with E-state index in [4.69, 9.17) is 0 Å². The summed E-state index contributed by atoms with van der Waals surface area (Å²) < 4.78 is 237. The van der Waals surface area contributed by atoms with Crippen LogP contribution in [-0.4, -0.2) is 46.8 Å². The molecule has 0 atom stereocenters. The van der Waals surface area contributed by atoms with Gasteiger partial charge in [-0.3, -0.25) is 0 Å². The van der Waals surface area contributed by atoms with Gasteiger partial charge in [0.15, 0.2) is 0 Å². The van der Waals surface area contributed by atoms with Gasteiger partial charge in [-0.05, 0) is 30.2 Å². The van der Waals surface area contributed by atoms with Crippen LogP contribution in [0.5, 0.6) is 5.75 Å². The van der Waals surface area contributed by atoms with E-state index >= 15 is 0 Å². The molecule has 1 aromatic carbocycles. The van der Waals surface area contributed by atoms with Crippen LogP contribution in [0.1, 0.15) is 25.3 Å². The van der Waals surface area contributed by atoms with Gasteiger partial charge in [0.25, 0.3) is 0 Å². The van der Waals surface area contributed by atoms with Gasteiger partial charge in [0.05, 0.1) is 18.3 Å². The Morgan fingerprint density at radius 3 is 1.57 bits per heavy atom. The lowest BCUT2D eigenvalue weighted by Crippen LogP contribution is -2.67. The van der Waals surface area contributed by atoms with E-state index in [0.29, 0.717) is 6.54 Å². The minimum Gasteiger partial charge on any atom is -0.452 e. The van der Waals surface area contributed by atoms with E-state index in [-0.39, 0.29) is 17.7 Å². The molecule has 0 saturated heterocycles. The first-order valence-electron chi connectivity index (χ1n) is 11.7. The molecule has 0 amide bonds. The zero-order valence-electron chi connectivity index (χ0n) is 21.5. The minimum absolute atomic E-state index is 0.000220. The number of alkyl halides is 17. The number of nitrogens with zero attached hydrogens (tertiary/aromatic N) is 2. The molecule has 0 fully saturated rings. The van der Waals surface area contributed by atoms with Gasteiger partial charge in [0.1, 0.15) is 18.1 Å². The van der Waals surface area contributed by atoms with E-state index in [1.165, 1.54) is 16.8 Å². The molecule has 44 heavy (non-hydrogen) atoms.